The predicted molar refractivity (Wildman–Crippen MR) is 85.3 cm³/mol. The summed E-state index contributed by atoms with van der Waals surface area (Å²) in [6.07, 6.45) is 1.32. The number of aliphatic hydroxyl groups excluding tert-OH is 1. The number of nitrogens with one attached hydrogen (secondary N) is 1. The number of hydrogen-bond donors (Lipinski definition) is 2. The standard InChI is InChI=1S/C17H25FN2O3/c1-12(21)14-5-7-20(8-6-14)17(22)19-10-13-3-4-16(18)15(9-13)11-23-2/h3-4,9,12,14,21H,5-8,10-11H2,1-2H3,(H,19,22). The van der Waals surface area contributed by atoms with Crippen molar-refractivity contribution in [3.63, 3.8) is 0 Å². The minimum Gasteiger partial charge on any atom is -0.393 e. The molecule has 128 valence electrons. The number of ether oxygens (including phenoxy) is 1. The quantitative estimate of drug-likeness (QED) is 0.873. The van der Waals surface area contributed by atoms with Crippen LogP contribution in [0.1, 0.15) is 30.9 Å². The van der Waals surface area contributed by atoms with Crippen LogP contribution in [0.4, 0.5) is 9.18 Å². The molecule has 1 unspecified atom stereocenters. The van der Waals surface area contributed by atoms with Crippen molar-refractivity contribution in [1.82, 2.24) is 10.2 Å². The van der Waals surface area contributed by atoms with Gasteiger partial charge < -0.3 is 20.1 Å². The number of piperidine rings is 1. The third-order valence-corrected chi connectivity index (χ3v) is 4.36. The van der Waals surface area contributed by atoms with Crippen LogP contribution in [0, 0.1) is 11.7 Å². The molecule has 0 bridgehead atoms. The Morgan fingerprint density at radius 1 is 1.48 bits per heavy atom. The lowest BCUT2D eigenvalue weighted by Crippen LogP contribution is -2.45. The van der Waals surface area contributed by atoms with Crippen molar-refractivity contribution in [3.8, 4) is 0 Å². The average Bonchev–Trinajstić information content (AvgIpc) is 2.55. The van der Waals surface area contributed by atoms with Crippen LogP contribution in [0.25, 0.3) is 0 Å². The van der Waals surface area contributed by atoms with Crippen molar-refractivity contribution >= 4 is 6.03 Å². The molecule has 1 aliphatic heterocycles. The second-order valence-corrected chi connectivity index (χ2v) is 6.08. The summed E-state index contributed by atoms with van der Waals surface area (Å²) in [4.78, 5) is 13.9. The zero-order chi connectivity index (χ0) is 16.8. The van der Waals surface area contributed by atoms with E-state index in [0.29, 0.717) is 25.2 Å². The van der Waals surface area contributed by atoms with Crippen LogP contribution < -0.4 is 5.32 Å². The first kappa shape index (κ1) is 17.7. The van der Waals surface area contributed by atoms with Crippen LogP contribution in [0.5, 0.6) is 0 Å². The zero-order valence-corrected chi connectivity index (χ0v) is 13.7. The maximum atomic E-state index is 13.6. The van der Waals surface area contributed by atoms with Gasteiger partial charge in [-0.1, -0.05) is 6.07 Å². The first-order valence-corrected chi connectivity index (χ1v) is 7.98. The molecule has 2 N–H and O–H groups in total. The van der Waals surface area contributed by atoms with Gasteiger partial charge in [0.25, 0.3) is 0 Å². The predicted octanol–water partition coefficient (Wildman–Crippen LogP) is 2.27. The van der Waals surface area contributed by atoms with Gasteiger partial charge in [-0.25, -0.2) is 9.18 Å². The molecule has 0 radical (unpaired) electrons. The first-order valence-electron chi connectivity index (χ1n) is 7.98. The Kier molecular flexibility index (Phi) is 6.36. The van der Waals surface area contributed by atoms with Gasteiger partial charge >= 0.3 is 6.03 Å². The number of carbonyl (C=O) groups excluding carboxylic acids is 1. The molecule has 1 atom stereocenters. The molecule has 1 saturated heterocycles. The van der Waals surface area contributed by atoms with Gasteiger partial charge in [0.05, 0.1) is 12.7 Å². The Morgan fingerprint density at radius 3 is 2.78 bits per heavy atom. The smallest absolute Gasteiger partial charge is 0.317 e. The number of methoxy groups -OCH3 is 1. The van der Waals surface area contributed by atoms with E-state index in [1.165, 1.54) is 13.2 Å². The van der Waals surface area contributed by atoms with Crippen LogP contribution in [-0.2, 0) is 17.9 Å². The van der Waals surface area contributed by atoms with Crippen molar-refractivity contribution in [2.75, 3.05) is 20.2 Å². The Labute approximate surface area is 136 Å². The van der Waals surface area contributed by atoms with E-state index in [1.807, 2.05) is 0 Å². The fraction of sp³-hybridized carbons (Fsp3) is 0.588. The molecule has 0 saturated carbocycles. The summed E-state index contributed by atoms with van der Waals surface area (Å²) in [6.45, 7) is 3.67. The van der Waals surface area contributed by atoms with Crippen molar-refractivity contribution in [3.05, 3.63) is 35.1 Å². The fourth-order valence-corrected chi connectivity index (χ4v) is 2.88. The molecule has 2 rings (SSSR count). The molecule has 6 heteroatoms. The molecule has 1 fully saturated rings. The van der Waals surface area contributed by atoms with Crippen molar-refractivity contribution in [1.29, 1.82) is 0 Å². The van der Waals surface area contributed by atoms with E-state index in [2.05, 4.69) is 5.32 Å². The van der Waals surface area contributed by atoms with Gasteiger partial charge in [0, 0.05) is 32.3 Å². The summed E-state index contributed by atoms with van der Waals surface area (Å²) in [7, 11) is 1.52. The number of benzene rings is 1. The Morgan fingerprint density at radius 2 is 2.17 bits per heavy atom. The number of rotatable bonds is 5. The second-order valence-electron chi connectivity index (χ2n) is 6.08. The third-order valence-electron chi connectivity index (χ3n) is 4.36. The van der Waals surface area contributed by atoms with Crippen molar-refractivity contribution in [2.45, 2.75) is 39.0 Å². The first-order chi connectivity index (χ1) is 11.0. The number of hydrogen-bond acceptors (Lipinski definition) is 3. The fourth-order valence-electron chi connectivity index (χ4n) is 2.88. The van der Waals surface area contributed by atoms with Gasteiger partial charge in [0.15, 0.2) is 0 Å². The molecule has 1 aliphatic rings. The van der Waals surface area contributed by atoms with E-state index >= 15 is 0 Å². The summed E-state index contributed by atoms with van der Waals surface area (Å²) in [5.41, 5.74) is 1.32. The molecule has 23 heavy (non-hydrogen) atoms. The summed E-state index contributed by atoms with van der Waals surface area (Å²) in [5, 5.41) is 12.4. The number of aliphatic hydroxyl groups is 1. The topological polar surface area (TPSA) is 61.8 Å². The number of carbonyl (C=O) groups is 1. The summed E-state index contributed by atoms with van der Waals surface area (Å²) >= 11 is 0. The Balaban J connectivity index is 1.84. The van der Waals surface area contributed by atoms with Crippen LogP contribution in [0.2, 0.25) is 0 Å². The van der Waals surface area contributed by atoms with Gasteiger partial charge in [-0.15, -0.1) is 0 Å². The van der Waals surface area contributed by atoms with E-state index in [-0.39, 0.29) is 30.5 Å². The highest BCUT2D eigenvalue weighted by Crippen LogP contribution is 2.20. The Bertz CT molecular complexity index is 529. The second kappa shape index (κ2) is 8.26. The maximum Gasteiger partial charge on any atom is 0.317 e. The summed E-state index contributed by atoms with van der Waals surface area (Å²) < 4.78 is 18.5. The van der Waals surface area contributed by atoms with Gasteiger partial charge in [0.1, 0.15) is 5.82 Å². The third kappa shape index (κ3) is 4.91. The molecule has 2 amide bonds. The zero-order valence-electron chi connectivity index (χ0n) is 13.7. The summed E-state index contributed by atoms with van der Waals surface area (Å²) in [6, 6.07) is 4.64. The molecule has 1 aromatic rings. The molecular weight excluding hydrogens is 299 g/mol. The maximum absolute atomic E-state index is 13.6. The highest BCUT2D eigenvalue weighted by molar-refractivity contribution is 5.74. The van der Waals surface area contributed by atoms with E-state index in [0.717, 1.165) is 18.4 Å². The van der Waals surface area contributed by atoms with E-state index in [4.69, 9.17) is 4.74 Å². The van der Waals surface area contributed by atoms with Crippen LogP contribution >= 0.6 is 0 Å². The lowest BCUT2D eigenvalue weighted by atomic mass is 9.92. The lowest BCUT2D eigenvalue weighted by molar-refractivity contribution is 0.0798. The van der Waals surface area contributed by atoms with Gasteiger partial charge in [-0.2, -0.15) is 0 Å². The SMILES string of the molecule is COCc1cc(CNC(=O)N2CCC(C(C)O)CC2)ccc1F. The minimum absolute atomic E-state index is 0.119. The van der Waals surface area contributed by atoms with E-state index in [1.54, 1.807) is 24.0 Å². The van der Waals surface area contributed by atoms with Crippen LogP contribution in [-0.4, -0.2) is 42.3 Å². The van der Waals surface area contributed by atoms with Gasteiger partial charge in [0.2, 0.25) is 0 Å². The molecule has 0 aromatic heterocycles. The van der Waals surface area contributed by atoms with E-state index < -0.39 is 0 Å². The van der Waals surface area contributed by atoms with E-state index in [9.17, 15) is 14.3 Å². The molecule has 1 aromatic carbocycles. The minimum atomic E-state index is -0.321. The highest BCUT2D eigenvalue weighted by Gasteiger charge is 2.25. The normalized spacial score (nSPS) is 17.1. The number of halogens is 1. The average molecular weight is 324 g/mol. The Hall–Kier alpha value is -1.66. The molecule has 0 spiro atoms. The number of urea groups is 1. The summed E-state index contributed by atoms with van der Waals surface area (Å²) in [5.74, 6) is -0.0325. The highest BCUT2D eigenvalue weighted by atomic mass is 19.1. The van der Waals surface area contributed by atoms with Crippen molar-refractivity contribution in [2.24, 2.45) is 5.92 Å². The number of nitrogens with zero attached hydrogens (tertiary/aromatic N) is 1. The lowest BCUT2D eigenvalue weighted by Gasteiger charge is -2.33. The molecule has 5 nitrogen and oxygen atoms in total. The number of likely N-dealkylation sites (tertiary alicyclic amines) is 1. The molecular formula is C17H25FN2O3. The monoisotopic (exact) mass is 324 g/mol. The molecule has 0 aliphatic carbocycles. The molecule has 1 heterocycles. The van der Waals surface area contributed by atoms with Gasteiger partial charge in [-0.3, -0.25) is 0 Å². The van der Waals surface area contributed by atoms with Crippen molar-refractivity contribution < 1.29 is 19.0 Å². The van der Waals surface area contributed by atoms with Crippen LogP contribution in [0.15, 0.2) is 18.2 Å². The number of amides is 2. The van der Waals surface area contributed by atoms with Gasteiger partial charge in [-0.05, 0) is 43.4 Å². The largest absolute Gasteiger partial charge is 0.393 e. The van der Waals surface area contributed by atoms with Crippen LogP contribution in [0.3, 0.4) is 0 Å².